The molecule has 5 nitrogen and oxygen atoms in total. The molecule has 1 saturated heterocycles. The monoisotopic (exact) mass is 332 g/mol. The predicted molar refractivity (Wildman–Crippen MR) is 85.1 cm³/mol. The molecule has 0 aliphatic carbocycles. The summed E-state index contributed by atoms with van der Waals surface area (Å²) in [6, 6.07) is 3.55. The highest BCUT2D eigenvalue weighted by molar-refractivity contribution is 7.91. The van der Waals surface area contributed by atoms with Crippen LogP contribution in [0.15, 0.2) is 16.3 Å². The van der Waals surface area contributed by atoms with Gasteiger partial charge in [-0.2, -0.15) is 0 Å². The van der Waals surface area contributed by atoms with Crippen LogP contribution in [-0.4, -0.2) is 34.2 Å². The van der Waals surface area contributed by atoms with Gasteiger partial charge in [0.2, 0.25) is 10.0 Å². The average molecular weight is 332 g/mol. The molecule has 1 aromatic rings. The molecule has 1 aliphatic rings. The fourth-order valence-electron chi connectivity index (χ4n) is 2.23. The third kappa shape index (κ3) is 5.34. The van der Waals surface area contributed by atoms with Crippen LogP contribution in [-0.2, 0) is 21.3 Å². The Hall–Kier alpha value is -0.470. The molecule has 1 aromatic heterocycles. The van der Waals surface area contributed by atoms with Gasteiger partial charge in [0.05, 0.1) is 6.10 Å². The summed E-state index contributed by atoms with van der Waals surface area (Å²) in [6.45, 7) is 4.87. The molecule has 120 valence electrons. The molecule has 1 atom stereocenters. The second kappa shape index (κ2) is 8.24. The molecule has 7 heteroatoms. The first-order chi connectivity index (χ1) is 10.1. The zero-order chi connectivity index (χ0) is 15.1. The van der Waals surface area contributed by atoms with Gasteiger partial charge in [-0.25, -0.2) is 13.1 Å². The number of thiophene rings is 1. The van der Waals surface area contributed by atoms with E-state index in [1.807, 2.05) is 6.07 Å². The maximum Gasteiger partial charge on any atom is 0.250 e. The van der Waals surface area contributed by atoms with Crippen LogP contribution in [0.3, 0.4) is 0 Å². The summed E-state index contributed by atoms with van der Waals surface area (Å²) in [4.78, 5) is 1.04. The van der Waals surface area contributed by atoms with Crippen molar-refractivity contribution in [3.63, 3.8) is 0 Å². The summed E-state index contributed by atoms with van der Waals surface area (Å²) in [6.07, 6.45) is 4.19. The Morgan fingerprint density at radius 1 is 1.38 bits per heavy atom. The lowest BCUT2D eigenvalue weighted by molar-refractivity contribution is 0.0200. The Morgan fingerprint density at radius 2 is 2.24 bits per heavy atom. The molecular weight excluding hydrogens is 308 g/mol. The van der Waals surface area contributed by atoms with Crippen molar-refractivity contribution in [3.8, 4) is 0 Å². The summed E-state index contributed by atoms with van der Waals surface area (Å²) in [5.74, 6) is 0. The van der Waals surface area contributed by atoms with Crippen LogP contribution in [0.25, 0.3) is 0 Å². The molecule has 1 aliphatic heterocycles. The van der Waals surface area contributed by atoms with E-state index in [1.165, 1.54) is 11.3 Å². The molecule has 0 saturated carbocycles. The Kier molecular flexibility index (Phi) is 6.63. The topological polar surface area (TPSA) is 67.4 Å². The molecule has 2 N–H and O–H groups in total. The average Bonchev–Trinajstić information content (AvgIpc) is 2.96. The fourth-order valence-corrected chi connectivity index (χ4v) is 4.66. The quantitative estimate of drug-likeness (QED) is 0.716. The van der Waals surface area contributed by atoms with Crippen LogP contribution >= 0.6 is 11.3 Å². The lowest BCUT2D eigenvalue weighted by Crippen LogP contribution is -2.35. The Bertz CT molecular complexity index is 522. The Labute approximate surface area is 131 Å². The zero-order valence-corrected chi connectivity index (χ0v) is 14.1. The van der Waals surface area contributed by atoms with E-state index in [-0.39, 0.29) is 6.10 Å². The summed E-state index contributed by atoms with van der Waals surface area (Å²) >= 11 is 1.32. The molecule has 2 rings (SSSR count). The van der Waals surface area contributed by atoms with Crippen LogP contribution in [0.2, 0.25) is 0 Å². The van der Waals surface area contributed by atoms with Crippen LogP contribution in [0.5, 0.6) is 0 Å². The lowest BCUT2D eigenvalue weighted by atomic mass is 10.1. The maximum absolute atomic E-state index is 12.2. The molecule has 0 bridgehead atoms. The molecule has 0 amide bonds. The van der Waals surface area contributed by atoms with Gasteiger partial charge in [0.25, 0.3) is 0 Å². The Morgan fingerprint density at radius 3 is 2.95 bits per heavy atom. The van der Waals surface area contributed by atoms with Crippen LogP contribution in [0.1, 0.15) is 37.5 Å². The van der Waals surface area contributed by atoms with Gasteiger partial charge < -0.3 is 10.1 Å². The number of nitrogens with one attached hydrogen (secondary N) is 2. The first kappa shape index (κ1) is 16.9. The SMILES string of the molecule is CCCNCc1ccc(S(=O)(=O)NCC2CCCCO2)s1. The summed E-state index contributed by atoms with van der Waals surface area (Å²) in [7, 11) is -3.41. The van der Waals surface area contributed by atoms with Crippen LogP contribution in [0, 0.1) is 0 Å². The molecule has 2 heterocycles. The molecule has 0 spiro atoms. The molecule has 1 unspecified atom stereocenters. The molecule has 21 heavy (non-hydrogen) atoms. The second-order valence-electron chi connectivity index (χ2n) is 5.24. The normalized spacial score (nSPS) is 19.8. The number of ether oxygens (including phenoxy) is 1. The van der Waals surface area contributed by atoms with Gasteiger partial charge in [0.1, 0.15) is 4.21 Å². The highest BCUT2D eigenvalue weighted by Crippen LogP contribution is 2.21. The molecule has 1 fully saturated rings. The second-order valence-corrected chi connectivity index (χ2v) is 8.40. The minimum absolute atomic E-state index is 0.0131. The van der Waals surface area contributed by atoms with Crippen molar-refractivity contribution in [2.24, 2.45) is 0 Å². The first-order valence-electron chi connectivity index (χ1n) is 7.52. The van der Waals surface area contributed by atoms with Crippen LogP contribution < -0.4 is 10.0 Å². The van der Waals surface area contributed by atoms with E-state index in [2.05, 4.69) is 17.0 Å². The smallest absolute Gasteiger partial charge is 0.250 e. The predicted octanol–water partition coefficient (Wildman–Crippen LogP) is 2.10. The van der Waals surface area contributed by atoms with Gasteiger partial charge in [-0.1, -0.05) is 6.92 Å². The van der Waals surface area contributed by atoms with Gasteiger partial charge in [0.15, 0.2) is 0 Å². The number of hydrogen-bond acceptors (Lipinski definition) is 5. The van der Waals surface area contributed by atoms with E-state index in [0.29, 0.717) is 10.8 Å². The van der Waals surface area contributed by atoms with Crippen molar-refractivity contribution in [2.75, 3.05) is 19.7 Å². The first-order valence-corrected chi connectivity index (χ1v) is 9.82. The van der Waals surface area contributed by atoms with Crippen molar-refractivity contribution >= 4 is 21.4 Å². The van der Waals surface area contributed by atoms with E-state index in [0.717, 1.165) is 50.3 Å². The van der Waals surface area contributed by atoms with Gasteiger partial charge in [0, 0.05) is 24.6 Å². The highest BCUT2D eigenvalue weighted by atomic mass is 32.2. The standard InChI is InChI=1S/C14H24N2O3S2/c1-2-8-15-11-13-6-7-14(20-13)21(17,18)16-10-12-5-3-4-9-19-12/h6-7,12,15-16H,2-5,8-11H2,1H3. The molecule has 0 aromatic carbocycles. The zero-order valence-electron chi connectivity index (χ0n) is 12.4. The third-order valence-electron chi connectivity index (χ3n) is 3.40. The van der Waals surface area contributed by atoms with E-state index in [4.69, 9.17) is 4.74 Å². The van der Waals surface area contributed by atoms with Gasteiger partial charge in [-0.3, -0.25) is 0 Å². The largest absolute Gasteiger partial charge is 0.377 e. The Balaban J connectivity index is 1.86. The van der Waals surface area contributed by atoms with E-state index >= 15 is 0 Å². The van der Waals surface area contributed by atoms with Crippen molar-refractivity contribution in [1.82, 2.24) is 10.0 Å². The number of sulfonamides is 1. The van der Waals surface area contributed by atoms with Crippen molar-refractivity contribution in [3.05, 3.63) is 17.0 Å². The molecule has 0 radical (unpaired) electrons. The van der Waals surface area contributed by atoms with Crippen molar-refractivity contribution < 1.29 is 13.2 Å². The number of hydrogen-bond donors (Lipinski definition) is 2. The van der Waals surface area contributed by atoms with E-state index < -0.39 is 10.0 Å². The summed E-state index contributed by atoms with van der Waals surface area (Å²) < 4.78 is 33.1. The summed E-state index contributed by atoms with van der Waals surface area (Å²) in [5.41, 5.74) is 0. The lowest BCUT2D eigenvalue weighted by Gasteiger charge is -2.22. The third-order valence-corrected chi connectivity index (χ3v) is 6.40. The van der Waals surface area contributed by atoms with E-state index in [9.17, 15) is 8.42 Å². The van der Waals surface area contributed by atoms with Crippen LogP contribution in [0.4, 0.5) is 0 Å². The molecular formula is C14H24N2O3S2. The van der Waals surface area contributed by atoms with Gasteiger partial charge in [-0.05, 0) is 44.4 Å². The number of rotatable bonds is 8. The minimum Gasteiger partial charge on any atom is -0.377 e. The van der Waals surface area contributed by atoms with Crippen molar-refractivity contribution in [2.45, 2.75) is 49.5 Å². The fraction of sp³-hybridized carbons (Fsp3) is 0.714. The van der Waals surface area contributed by atoms with Gasteiger partial charge in [-0.15, -0.1) is 11.3 Å². The maximum atomic E-state index is 12.2. The van der Waals surface area contributed by atoms with Gasteiger partial charge >= 0.3 is 0 Å². The highest BCUT2D eigenvalue weighted by Gasteiger charge is 2.20. The summed E-state index contributed by atoms with van der Waals surface area (Å²) in [5, 5.41) is 3.28. The van der Waals surface area contributed by atoms with Crippen molar-refractivity contribution in [1.29, 1.82) is 0 Å². The van der Waals surface area contributed by atoms with E-state index in [1.54, 1.807) is 6.07 Å². The minimum atomic E-state index is -3.41.